The summed E-state index contributed by atoms with van der Waals surface area (Å²) in [5.74, 6) is 1.31. The van der Waals surface area contributed by atoms with Gasteiger partial charge in [0.25, 0.3) is 0 Å². The minimum Gasteiger partial charge on any atom is -0.454 e. The molecule has 0 aliphatic carbocycles. The highest BCUT2D eigenvalue weighted by Gasteiger charge is 2.12. The number of ether oxygens (including phenoxy) is 2. The van der Waals surface area contributed by atoms with Crippen molar-refractivity contribution < 1.29 is 14.3 Å². The number of fused-ring (bicyclic) bond motifs is 1. The zero-order valence-corrected chi connectivity index (χ0v) is 14.0. The van der Waals surface area contributed by atoms with Gasteiger partial charge in [-0.25, -0.2) is 0 Å². The van der Waals surface area contributed by atoms with Crippen LogP contribution in [0.1, 0.15) is 30.5 Å². The van der Waals surface area contributed by atoms with Gasteiger partial charge in [0, 0.05) is 11.8 Å². The van der Waals surface area contributed by atoms with Crippen molar-refractivity contribution in [2.45, 2.75) is 26.7 Å². The molecule has 0 saturated heterocycles. The number of aryl methyl sites for hydroxylation is 2. The van der Waals surface area contributed by atoms with Crippen LogP contribution in [0.5, 0.6) is 11.5 Å². The quantitative estimate of drug-likeness (QED) is 0.839. The second-order valence-electron chi connectivity index (χ2n) is 5.59. The number of benzene rings is 2. The van der Waals surface area contributed by atoms with Crippen LogP contribution < -0.4 is 14.8 Å². The van der Waals surface area contributed by atoms with Gasteiger partial charge in [0.1, 0.15) is 0 Å². The number of nitrogens with one attached hydrogen (secondary N) is 1. The Morgan fingerprint density at radius 3 is 2.50 bits per heavy atom. The molecule has 24 heavy (non-hydrogen) atoms. The summed E-state index contributed by atoms with van der Waals surface area (Å²) in [4.78, 5) is 12.3. The van der Waals surface area contributed by atoms with E-state index in [-0.39, 0.29) is 12.7 Å². The van der Waals surface area contributed by atoms with E-state index in [0.717, 1.165) is 41.0 Å². The predicted molar refractivity (Wildman–Crippen MR) is 95.4 cm³/mol. The lowest BCUT2D eigenvalue weighted by atomic mass is 10.0. The van der Waals surface area contributed by atoms with Crippen LogP contribution in [-0.2, 0) is 17.6 Å². The van der Waals surface area contributed by atoms with Crippen LogP contribution in [0.25, 0.3) is 6.08 Å². The Bertz CT molecular complexity index is 758. The zero-order valence-electron chi connectivity index (χ0n) is 14.0. The molecular weight excluding hydrogens is 302 g/mol. The van der Waals surface area contributed by atoms with Crippen molar-refractivity contribution in [3.63, 3.8) is 0 Å². The molecule has 0 unspecified atom stereocenters. The Labute approximate surface area is 142 Å². The smallest absolute Gasteiger partial charge is 0.248 e. The zero-order chi connectivity index (χ0) is 16.9. The molecule has 0 radical (unpaired) electrons. The molecule has 3 rings (SSSR count). The molecule has 1 amide bonds. The minimum absolute atomic E-state index is 0.136. The van der Waals surface area contributed by atoms with E-state index in [9.17, 15) is 4.79 Å². The molecule has 124 valence electrons. The summed E-state index contributed by atoms with van der Waals surface area (Å²) in [6.45, 7) is 4.43. The topological polar surface area (TPSA) is 47.6 Å². The number of hydrogen-bond acceptors (Lipinski definition) is 3. The lowest BCUT2D eigenvalue weighted by molar-refractivity contribution is -0.111. The summed E-state index contributed by atoms with van der Waals surface area (Å²) >= 11 is 0. The highest BCUT2D eigenvalue weighted by atomic mass is 16.7. The molecule has 4 heteroatoms. The van der Waals surface area contributed by atoms with Gasteiger partial charge in [0.05, 0.1) is 0 Å². The van der Waals surface area contributed by atoms with E-state index in [0.29, 0.717) is 5.75 Å². The van der Waals surface area contributed by atoms with Crippen LogP contribution in [0.4, 0.5) is 5.69 Å². The fraction of sp³-hybridized carbons (Fsp3) is 0.250. The Morgan fingerprint density at radius 2 is 1.79 bits per heavy atom. The summed E-state index contributed by atoms with van der Waals surface area (Å²) in [6, 6.07) is 11.8. The second-order valence-corrected chi connectivity index (χ2v) is 5.59. The van der Waals surface area contributed by atoms with Gasteiger partial charge in [-0.05, 0) is 47.7 Å². The first-order valence-electron chi connectivity index (χ1n) is 8.20. The average molecular weight is 323 g/mol. The molecular formula is C20H21NO3. The third-order valence-electron chi connectivity index (χ3n) is 4.07. The van der Waals surface area contributed by atoms with E-state index in [1.165, 1.54) is 0 Å². The van der Waals surface area contributed by atoms with Crippen LogP contribution in [0.15, 0.2) is 42.5 Å². The first-order chi connectivity index (χ1) is 11.7. The Hall–Kier alpha value is -2.75. The van der Waals surface area contributed by atoms with Crippen molar-refractivity contribution in [2.75, 3.05) is 12.1 Å². The lowest BCUT2D eigenvalue weighted by Gasteiger charge is -2.13. The maximum Gasteiger partial charge on any atom is 0.248 e. The van der Waals surface area contributed by atoms with Gasteiger partial charge >= 0.3 is 0 Å². The molecule has 2 aromatic rings. The summed E-state index contributed by atoms with van der Waals surface area (Å²) in [6.07, 6.45) is 5.09. The number of para-hydroxylation sites is 1. The van der Waals surface area contributed by atoms with Gasteiger partial charge in [0.2, 0.25) is 12.7 Å². The van der Waals surface area contributed by atoms with Gasteiger partial charge in [-0.2, -0.15) is 0 Å². The lowest BCUT2D eigenvalue weighted by Crippen LogP contribution is -2.11. The number of carbonyl (C=O) groups excluding carboxylic acids is 1. The number of anilines is 1. The van der Waals surface area contributed by atoms with Crippen molar-refractivity contribution >= 4 is 17.7 Å². The average Bonchev–Trinajstić information content (AvgIpc) is 3.07. The molecule has 1 aliphatic rings. The Kier molecular flexibility index (Phi) is 4.85. The van der Waals surface area contributed by atoms with Gasteiger partial charge < -0.3 is 14.8 Å². The Balaban J connectivity index is 1.74. The van der Waals surface area contributed by atoms with E-state index >= 15 is 0 Å². The third-order valence-corrected chi connectivity index (χ3v) is 4.07. The highest BCUT2D eigenvalue weighted by molar-refractivity contribution is 6.02. The Morgan fingerprint density at radius 1 is 1.08 bits per heavy atom. The van der Waals surface area contributed by atoms with Crippen molar-refractivity contribution in [1.82, 2.24) is 0 Å². The van der Waals surface area contributed by atoms with E-state index in [2.05, 4.69) is 31.3 Å². The van der Waals surface area contributed by atoms with E-state index in [4.69, 9.17) is 9.47 Å². The molecule has 0 fully saturated rings. The van der Waals surface area contributed by atoms with Gasteiger partial charge in [0.15, 0.2) is 11.5 Å². The van der Waals surface area contributed by atoms with Crippen LogP contribution in [0.3, 0.4) is 0 Å². The first kappa shape index (κ1) is 16.1. The molecule has 0 saturated carbocycles. The monoisotopic (exact) mass is 323 g/mol. The van der Waals surface area contributed by atoms with Gasteiger partial charge in [-0.15, -0.1) is 0 Å². The molecule has 1 aliphatic heterocycles. The second kappa shape index (κ2) is 7.21. The standard InChI is InChI=1S/C20H21NO3/c1-3-15-6-5-7-16(4-2)20(15)21-19(22)11-9-14-8-10-17-18(12-14)24-13-23-17/h5-12H,3-4,13H2,1-2H3,(H,21,22)/b11-9+. The van der Waals surface area contributed by atoms with E-state index < -0.39 is 0 Å². The number of hydrogen-bond donors (Lipinski definition) is 1. The first-order valence-corrected chi connectivity index (χ1v) is 8.20. The minimum atomic E-state index is -0.136. The summed E-state index contributed by atoms with van der Waals surface area (Å²) in [5.41, 5.74) is 4.13. The van der Waals surface area contributed by atoms with Crippen molar-refractivity contribution in [2.24, 2.45) is 0 Å². The molecule has 1 N–H and O–H groups in total. The SMILES string of the molecule is CCc1cccc(CC)c1NC(=O)/C=C/c1ccc2c(c1)OCO2. The maximum absolute atomic E-state index is 12.3. The van der Waals surface area contributed by atoms with Crippen LogP contribution in [0, 0.1) is 0 Å². The molecule has 0 spiro atoms. The maximum atomic E-state index is 12.3. The van der Waals surface area contributed by atoms with Crippen LogP contribution >= 0.6 is 0 Å². The molecule has 0 aromatic heterocycles. The number of carbonyl (C=O) groups is 1. The normalized spacial score (nSPS) is 12.6. The summed E-state index contributed by atoms with van der Waals surface area (Å²) < 4.78 is 10.6. The molecule has 0 bridgehead atoms. The molecule has 4 nitrogen and oxygen atoms in total. The van der Waals surface area contributed by atoms with Crippen molar-refractivity contribution in [1.29, 1.82) is 0 Å². The van der Waals surface area contributed by atoms with Crippen molar-refractivity contribution in [3.05, 3.63) is 59.2 Å². The molecule has 1 heterocycles. The fourth-order valence-electron chi connectivity index (χ4n) is 2.76. The molecule has 0 atom stereocenters. The fourth-order valence-corrected chi connectivity index (χ4v) is 2.76. The van der Waals surface area contributed by atoms with Crippen molar-refractivity contribution in [3.8, 4) is 11.5 Å². The van der Waals surface area contributed by atoms with Crippen LogP contribution in [-0.4, -0.2) is 12.7 Å². The van der Waals surface area contributed by atoms with Gasteiger partial charge in [-0.3, -0.25) is 4.79 Å². The molecule has 2 aromatic carbocycles. The number of amides is 1. The van der Waals surface area contributed by atoms with E-state index in [1.807, 2.05) is 24.3 Å². The van der Waals surface area contributed by atoms with Crippen LogP contribution in [0.2, 0.25) is 0 Å². The predicted octanol–water partition coefficient (Wildman–Crippen LogP) is 4.19. The highest BCUT2D eigenvalue weighted by Crippen LogP contribution is 2.32. The van der Waals surface area contributed by atoms with Gasteiger partial charge in [-0.1, -0.05) is 38.1 Å². The third kappa shape index (κ3) is 3.43. The summed E-state index contributed by atoms with van der Waals surface area (Å²) in [5, 5.41) is 3.02. The summed E-state index contributed by atoms with van der Waals surface area (Å²) in [7, 11) is 0. The number of rotatable bonds is 5. The largest absolute Gasteiger partial charge is 0.454 e. The van der Waals surface area contributed by atoms with E-state index in [1.54, 1.807) is 12.2 Å².